The van der Waals surface area contributed by atoms with Crippen molar-refractivity contribution in [3.05, 3.63) is 13.8 Å². The molecule has 0 aliphatic carbocycles. The van der Waals surface area contributed by atoms with Gasteiger partial charge in [-0.1, -0.05) is 47.0 Å². The molecule has 0 N–H and O–H groups in total. The first-order chi connectivity index (χ1) is 5.50. The summed E-state index contributed by atoms with van der Waals surface area (Å²) in [5.74, 6) is 1.46. The zero-order valence-corrected chi connectivity index (χ0v) is 12.8. The maximum atomic E-state index is 3.78. The van der Waals surface area contributed by atoms with Crippen LogP contribution in [0.25, 0.3) is 0 Å². The summed E-state index contributed by atoms with van der Waals surface area (Å²) in [4.78, 5) is 0. The summed E-state index contributed by atoms with van der Waals surface area (Å²) in [5.41, 5.74) is 0. The van der Waals surface area contributed by atoms with E-state index in [4.69, 9.17) is 0 Å². The summed E-state index contributed by atoms with van der Waals surface area (Å²) in [6, 6.07) is 0. The third-order valence-electron chi connectivity index (χ3n) is 1.28. The molecule has 0 aliphatic rings. The summed E-state index contributed by atoms with van der Waals surface area (Å²) >= 11 is 0. The van der Waals surface area contributed by atoms with Crippen molar-refractivity contribution >= 4 is 0 Å². The monoisotopic (exact) mass is 259 g/mol. The van der Waals surface area contributed by atoms with E-state index in [2.05, 4.69) is 41.5 Å². The largest absolute Gasteiger partial charge is 0.343 e. The molecule has 0 rings (SSSR count). The molecule has 0 amide bonds. The van der Waals surface area contributed by atoms with Crippen molar-refractivity contribution in [1.29, 1.82) is 0 Å². The van der Waals surface area contributed by atoms with Crippen molar-refractivity contribution in [2.75, 3.05) is 0 Å². The van der Waals surface area contributed by atoms with Gasteiger partial charge in [0.1, 0.15) is 0 Å². The Bertz CT molecular complexity index is 64.8. The molecule has 0 saturated carbocycles. The first kappa shape index (κ1) is 19.6. The molecular formula is C12H26Y-2. The molecule has 0 heterocycles. The molecule has 0 aromatic rings. The zero-order chi connectivity index (χ0) is 9.98. The average molecular weight is 259 g/mol. The van der Waals surface area contributed by atoms with Crippen LogP contribution < -0.4 is 0 Å². The number of unbranched alkanes of at least 4 members (excludes halogenated alkanes) is 2. The minimum Gasteiger partial charge on any atom is -0.343 e. The molecular weight excluding hydrogens is 233 g/mol. The maximum Gasteiger partial charge on any atom is 0 e. The smallest absolute Gasteiger partial charge is 0 e. The molecule has 0 nitrogen and oxygen atoms in total. The van der Waals surface area contributed by atoms with Crippen molar-refractivity contribution in [3.8, 4) is 0 Å². The van der Waals surface area contributed by atoms with E-state index >= 15 is 0 Å². The van der Waals surface area contributed by atoms with Gasteiger partial charge in [0.2, 0.25) is 0 Å². The van der Waals surface area contributed by atoms with Crippen LogP contribution in [-0.4, -0.2) is 0 Å². The van der Waals surface area contributed by atoms with Crippen molar-refractivity contribution in [2.24, 2.45) is 11.8 Å². The third kappa shape index (κ3) is 43.4. The quantitative estimate of drug-likeness (QED) is 0.514. The Morgan fingerprint density at radius 2 is 1.38 bits per heavy atom. The molecule has 0 spiro atoms. The van der Waals surface area contributed by atoms with Crippen LogP contribution in [0.1, 0.15) is 53.4 Å². The van der Waals surface area contributed by atoms with Crippen LogP contribution in [0.2, 0.25) is 0 Å². The number of hydrogen-bond donors (Lipinski definition) is 0. The van der Waals surface area contributed by atoms with Crippen LogP contribution in [0.3, 0.4) is 0 Å². The maximum absolute atomic E-state index is 3.78. The first-order valence-corrected chi connectivity index (χ1v) is 5.13. The standard InChI is InChI=1S/C8H17.C4H9.Y/c1-4-5-6-7-8(2)3;1-4(2)3;/h8H,1,4-7H2,2-3H3;4H,1H2,2-3H3;/q2*-1;. The Labute approximate surface area is 111 Å². The van der Waals surface area contributed by atoms with Gasteiger partial charge in [-0.2, -0.15) is 12.3 Å². The van der Waals surface area contributed by atoms with Crippen molar-refractivity contribution < 1.29 is 32.7 Å². The molecule has 0 aromatic heterocycles. The van der Waals surface area contributed by atoms with Crippen molar-refractivity contribution in [2.45, 2.75) is 53.4 Å². The predicted molar refractivity (Wildman–Crippen MR) is 58.9 cm³/mol. The summed E-state index contributed by atoms with van der Waals surface area (Å²) in [7, 11) is 0. The van der Waals surface area contributed by atoms with Gasteiger partial charge in [0.05, 0.1) is 0 Å². The Morgan fingerprint density at radius 1 is 1.00 bits per heavy atom. The fraction of sp³-hybridized carbons (Fsp3) is 0.833. The Hall–Kier alpha value is 1.10. The summed E-state index contributed by atoms with van der Waals surface area (Å²) in [5, 5.41) is 0. The second kappa shape index (κ2) is 15.6. The molecule has 1 heteroatoms. The molecule has 0 saturated heterocycles. The van der Waals surface area contributed by atoms with Crippen molar-refractivity contribution in [1.82, 2.24) is 0 Å². The SMILES string of the molecule is [CH2-]C(C)C.[CH2-]CCCCC(C)C.[Y]. The minimum absolute atomic E-state index is 0. The molecule has 0 atom stereocenters. The zero-order valence-electron chi connectivity index (χ0n) is 9.97. The number of hydrogen-bond acceptors (Lipinski definition) is 0. The van der Waals surface area contributed by atoms with Gasteiger partial charge in [0, 0.05) is 32.7 Å². The molecule has 0 aromatic carbocycles. The second-order valence-corrected chi connectivity index (χ2v) is 4.14. The Morgan fingerprint density at radius 3 is 1.62 bits per heavy atom. The molecule has 79 valence electrons. The van der Waals surface area contributed by atoms with Crippen LogP contribution in [0.15, 0.2) is 0 Å². The molecule has 1 radical (unpaired) electrons. The van der Waals surface area contributed by atoms with Crippen LogP contribution in [0.5, 0.6) is 0 Å². The van der Waals surface area contributed by atoms with E-state index < -0.39 is 0 Å². The van der Waals surface area contributed by atoms with Gasteiger partial charge >= 0.3 is 0 Å². The summed E-state index contributed by atoms with van der Waals surface area (Å²) in [6.07, 6.45) is 5.14. The van der Waals surface area contributed by atoms with E-state index in [1.807, 2.05) is 0 Å². The van der Waals surface area contributed by atoms with Crippen LogP contribution >= 0.6 is 0 Å². The topological polar surface area (TPSA) is 0 Å². The van der Waals surface area contributed by atoms with Gasteiger partial charge < -0.3 is 13.8 Å². The Kier molecular flexibility index (Phi) is 23.5. The average Bonchev–Trinajstić information content (AvgIpc) is 1.86. The van der Waals surface area contributed by atoms with Gasteiger partial charge in [-0.15, -0.1) is 0 Å². The third-order valence-corrected chi connectivity index (χ3v) is 1.28. The van der Waals surface area contributed by atoms with E-state index in [0.29, 0.717) is 5.92 Å². The van der Waals surface area contributed by atoms with Crippen LogP contribution in [-0.2, 0) is 32.7 Å². The summed E-state index contributed by atoms with van der Waals surface area (Å²) < 4.78 is 0. The van der Waals surface area contributed by atoms with E-state index in [0.717, 1.165) is 12.3 Å². The van der Waals surface area contributed by atoms with Gasteiger partial charge in [0.15, 0.2) is 0 Å². The predicted octanol–water partition coefficient (Wildman–Crippen LogP) is 4.51. The van der Waals surface area contributed by atoms with Crippen molar-refractivity contribution in [3.63, 3.8) is 0 Å². The number of rotatable bonds is 4. The first-order valence-electron chi connectivity index (χ1n) is 5.13. The Balaban J connectivity index is -0.000000173. The normalized spacial score (nSPS) is 9.23. The molecule has 0 fully saturated rings. The van der Waals surface area contributed by atoms with Gasteiger partial charge in [-0.05, 0) is 5.92 Å². The van der Waals surface area contributed by atoms with Gasteiger partial charge in [0.25, 0.3) is 0 Å². The fourth-order valence-corrected chi connectivity index (χ4v) is 0.729. The second-order valence-electron chi connectivity index (χ2n) is 4.14. The van der Waals surface area contributed by atoms with E-state index in [1.54, 1.807) is 0 Å². The van der Waals surface area contributed by atoms with Gasteiger partial charge in [-0.3, -0.25) is 0 Å². The van der Waals surface area contributed by atoms with Crippen LogP contribution in [0, 0.1) is 25.7 Å². The molecule has 0 unspecified atom stereocenters. The fourth-order valence-electron chi connectivity index (χ4n) is 0.729. The van der Waals surface area contributed by atoms with E-state index in [9.17, 15) is 0 Å². The van der Waals surface area contributed by atoms with Gasteiger partial charge in [-0.25, -0.2) is 0 Å². The molecule has 0 aliphatic heterocycles. The van der Waals surface area contributed by atoms with E-state index in [-0.39, 0.29) is 32.7 Å². The van der Waals surface area contributed by atoms with Crippen LogP contribution in [0.4, 0.5) is 0 Å². The van der Waals surface area contributed by atoms with E-state index in [1.165, 1.54) is 19.3 Å². The minimum atomic E-state index is 0. The molecule has 13 heavy (non-hydrogen) atoms. The summed E-state index contributed by atoms with van der Waals surface area (Å²) in [6.45, 7) is 16.1. The molecule has 0 bridgehead atoms.